The Balaban J connectivity index is 3.36. The van der Waals surface area contributed by atoms with E-state index in [9.17, 15) is 27.2 Å². The smallest absolute Gasteiger partial charge is 0.416 e. The number of carbonyl (C=O) groups excluding carboxylic acids is 1. The second-order valence-corrected chi connectivity index (χ2v) is 4.62. The van der Waals surface area contributed by atoms with Gasteiger partial charge in [0.05, 0.1) is 5.56 Å². The van der Waals surface area contributed by atoms with Gasteiger partial charge in [-0.1, -0.05) is 0 Å². The number of aldehydes is 1. The first-order valence-corrected chi connectivity index (χ1v) is 5.65. The average Bonchev–Trinajstić information content (AvgIpc) is 2.34. The summed E-state index contributed by atoms with van der Waals surface area (Å²) in [6, 6.07) is 1.82. The van der Waals surface area contributed by atoms with E-state index in [4.69, 9.17) is 5.11 Å². The molecule has 110 valence electrons. The Kier molecular flexibility index (Phi) is 4.52. The average molecular weight is 292 g/mol. The topological polar surface area (TPSA) is 54.4 Å². The fourth-order valence-electron chi connectivity index (χ4n) is 1.86. The van der Waals surface area contributed by atoms with Crippen LogP contribution >= 0.6 is 0 Å². The number of hydrogen-bond acceptors (Lipinski definition) is 2. The Bertz CT molecular complexity index is 525. The van der Waals surface area contributed by atoms with Gasteiger partial charge in [0.2, 0.25) is 0 Å². The molecule has 7 heteroatoms. The van der Waals surface area contributed by atoms with Crippen molar-refractivity contribution >= 4 is 12.3 Å². The Morgan fingerprint density at radius 1 is 1.30 bits per heavy atom. The lowest BCUT2D eigenvalue weighted by Gasteiger charge is -2.26. The van der Waals surface area contributed by atoms with Crippen molar-refractivity contribution in [3.8, 4) is 0 Å². The van der Waals surface area contributed by atoms with Gasteiger partial charge in [-0.15, -0.1) is 0 Å². The summed E-state index contributed by atoms with van der Waals surface area (Å²) in [5.41, 5.74) is -3.41. The van der Waals surface area contributed by atoms with Crippen LogP contribution in [0, 0.1) is 5.82 Å². The van der Waals surface area contributed by atoms with Crippen LogP contribution in [-0.2, 0) is 21.2 Å². The quantitative estimate of drug-likeness (QED) is 0.670. The molecular formula is C13H12F4O3. The number of aliphatic carboxylic acids is 1. The molecule has 1 unspecified atom stereocenters. The van der Waals surface area contributed by atoms with Crippen LogP contribution in [0.15, 0.2) is 18.2 Å². The monoisotopic (exact) mass is 292 g/mol. The second kappa shape index (κ2) is 5.60. The number of hydrogen-bond donors (Lipinski definition) is 1. The SMILES string of the molecule is CC(C=O)(CCC(=O)O)c1cc(F)ccc1C(F)(F)F. The molecule has 1 atom stereocenters. The number of carbonyl (C=O) groups is 2. The highest BCUT2D eigenvalue weighted by molar-refractivity contribution is 5.72. The lowest BCUT2D eigenvalue weighted by atomic mass is 9.77. The Labute approximate surface area is 112 Å². The van der Waals surface area contributed by atoms with Crippen LogP contribution in [-0.4, -0.2) is 17.4 Å². The molecule has 1 aromatic rings. The zero-order chi connectivity index (χ0) is 15.6. The first-order chi connectivity index (χ1) is 9.10. The third kappa shape index (κ3) is 3.55. The third-order valence-electron chi connectivity index (χ3n) is 3.02. The maximum absolute atomic E-state index is 13.2. The Hall–Kier alpha value is -1.92. The fraction of sp³-hybridized carbons (Fsp3) is 0.385. The molecule has 0 aliphatic rings. The highest BCUT2D eigenvalue weighted by Gasteiger charge is 2.39. The van der Waals surface area contributed by atoms with E-state index in [1.165, 1.54) is 0 Å². The maximum atomic E-state index is 13.2. The second-order valence-electron chi connectivity index (χ2n) is 4.62. The molecule has 0 spiro atoms. The van der Waals surface area contributed by atoms with Crippen LogP contribution in [0.1, 0.15) is 30.9 Å². The fourth-order valence-corrected chi connectivity index (χ4v) is 1.86. The van der Waals surface area contributed by atoms with Gasteiger partial charge in [0, 0.05) is 11.8 Å². The molecule has 0 heterocycles. The number of carboxylic acid groups (broad SMARTS) is 1. The van der Waals surface area contributed by atoms with Crippen LogP contribution in [0.2, 0.25) is 0 Å². The van der Waals surface area contributed by atoms with E-state index >= 15 is 0 Å². The zero-order valence-corrected chi connectivity index (χ0v) is 10.5. The van der Waals surface area contributed by atoms with E-state index in [1.807, 2.05) is 0 Å². The van der Waals surface area contributed by atoms with E-state index in [0.29, 0.717) is 18.2 Å². The van der Waals surface area contributed by atoms with E-state index < -0.39 is 40.9 Å². The number of rotatable bonds is 5. The minimum absolute atomic E-state index is 0.222. The summed E-state index contributed by atoms with van der Waals surface area (Å²) >= 11 is 0. The van der Waals surface area contributed by atoms with Crippen molar-refractivity contribution in [3.63, 3.8) is 0 Å². The Morgan fingerprint density at radius 2 is 1.90 bits per heavy atom. The van der Waals surface area contributed by atoms with Gasteiger partial charge in [0.25, 0.3) is 0 Å². The normalized spacial score (nSPS) is 14.7. The van der Waals surface area contributed by atoms with Gasteiger partial charge in [0.15, 0.2) is 0 Å². The lowest BCUT2D eigenvalue weighted by molar-refractivity contribution is -0.139. The summed E-state index contributed by atoms with van der Waals surface area (Å²) < 4.78 is 51.9. The number of carboxylic acids is 1. The molecule has 0 fully saturated rings. The van der Waals surface area contributed by atoms with Gasteiger partial charge in [0.1, 0.15) is 12.1 Å². The van der Waals surface area contributed by atoms with Crippen molar-refractivity contribution in [1.29, 1.82) is 0 Å². The molecule has 1 N–H and O–H groups in total. The highest BCUT2D eigenvalue weighted by atomic mass is 19.4. The summed E-state index contributed by atoms with van der Waals surface area (Å²) in [4.78, 5) is 21.7. The van der Waals surface area contributed by atoms with E-state index in [2.05, 4.69) is 0 Å². The van der Waals surface area contributed by atoms with Crippen LogP contribution in [0.3, 0.4) is 0 Å². The summed E-state index contributed by atoms with van der Waals surface area (Å²) in [6.45, 7) is 1.16. The molecule has 0 radical (unpaired) electrons. The predicted molar refractivity (Wildman–Crippen MR) is 61.7 cm³/mol. The number of alkyl halides is 3. The first-order valence-electron chi connectivity index (χ1n) is 5.65. The van der Waals surface area contributed by atoms with Crippen LogP contribution in [0.5, 0.6) is 0 Å². The highest BCUT2D eigenvalue weighted by Crippen LogP contribution is 2.39. The van der Waals surface area contributed by atoms with Gasteiger partial charge in [-0.05, 0) is 37.1 Å². The molecule has 0 saturated carbocycles. The maximum Gasteiger partial charge on any atom is 0.416 e. The van der Waals surface area contributed by atoms with E-state index in [1.54, 1.807) is 0 Å². The predicted octanol–water partition coefficient (Wildman–Crippen LogP) is 3.17. The van der Waals surface area contributed by atoms with Crippen molar-refractivity contribution in [2.75, 3.05) is 0 Å². The van der Waals surface area contributed by atoms with Crippen LogP contribution in [0.25, 0.3) is 0 Å². The first kappa shape index (κ1) is 16.1. The van der Waals surface area contributed by atoms with Gasteiger partial charge in [-0.3, -0.25) is 4.79 Å². The molecule has 0 saturated heterocycles. The molecule has 0 amide bonds. The standard InChI is InChI=1S/C13H12F4O3/c1-12(7-18,5-4-11(19)20)10-6-8(14)2-3-9(10)13(15,16)17/h2-3,6-7H,4-5H2,1H3,(H,19,20). The minimum Gasteiger partial charge on any atom is -0.481 e. The van der Waals surface area contributed by atoms with Crippen molar-refractivity contribution in [1.82, 2.24) is 0 Å². The van der Waals surface area contributed by atoms with Crippen molar-refractivity contribution in [3.05, 3.63) is 35.1 Å². The van der Waals surface area contributed by atoms with Gasteiger partial charge < -0.3 is 9.90 Å². The number of benzene rings is 1. The van der Waals surface area contributed by atoms with Crippen molar-refractivity contribution < 1.29 is 32.3 Å². The summed E-state index contributed by atoms with van der Waals surface area (Å²) in [6.07, 6.45) is -5.38. The minimum atomic E-state index is -4.75. The zero-order valence-electron chi connectivity index (χ0n) is 10.5. The molecule has 3 nitrogen and oxygen atoms in total. The molecule has 1 aromatic carbocycles. The van der Waals surface area contributed by atoms with E-state index in [-0.39, 0.29) is 12.7 Å². The molecule has 0 aliphatic heterocycles. The molecule has 20 heavy (non-hydrogen) atoms. The van der Waals surface area contributed by atoms with Crippen molar-refractivity contribution in [2.45, 2.75) is 31.4 Å². The number of halogens is 4. The molecule has 0 aliphatic carbocycles. The molecule has 1 rings (SSSR count). The van der Waals surface area contributed by atoms with E-state index in [0.717, 1.165) is 6.92 Å². The van der Waals surface area contributed by atoms with Crippen molar-refractivity contribution in [2.24, 2.45) is 0 Å². The molecule has 0 aromatic heterocycles. The van der Waals surface area contributed by atoms with Gasteiger partial charge >= 0.3 is 12.1 Å². The summed E-state index contributed by atoms with van der Waals surface area (Å²) in [5, 5.41) is 8.59. The van der Waals surface area contributed by atoms with Gasteiger partial charge in [-0.25, -0.2) is 4.39 Å². The lowest BCUT2D eigenvalue weighted by Crippen LogP contribution is -2.29. The largest absolute Gasteiger partial charge is 0.481 e. The molecular weight excluding hydrogens is 280 g/mol. The van der Waals surface area contributed by atoms with Crippen LogP contribution in [0.4, 0.5) is 17.6 Å². The third-order valence-corrected chi connectivity index (χ3v) is 3.02. The summed E-state index contributed by atoms with van der Waals surface area (Å²) in [7, 11) is 0. The molecule has 0 bridgehead atoms. The van der Waals surface area contributed by atoms with Crippen LogP contribution < -0.4 is 0 Å². The summed E-state index contributed by atoms with van der Waals surface area (Å²) in [5.74, 6) is -2.17. The van der Waals surface area contributed by atoms with Gasteiger partial charge in [-0.2, -0.15) is 13.2 Å². The Morgan fingerprint density at radius 3 is 2.35 bits per heavy atom.